The number of rotatable bonds is 4. The lowest BCUT2D eigenvalue weighted by Crippen LogP contribution is -2.35. The number of hydrogen-bond acceptors (Lipinski definition) is 4. The Kier molecular flexibility index (Phi) is 8.46. The Bertz CT molecular complexity index is 480. The van der Waals surface area contributed by atoms with Crippen molar-refractivity contribution in [2.45, 2.75) is 31.3 Å². The van der Waals surface area contributed by atoms with Crippen molar-refractivity contribution < 1.29 is 4.79 Å². The second-order valence-corrected chi connectivity index (χ2v) is 7.34. The van der Waals surface area contributed by atoms with Crippen LogP contribution in [0.2, 0.25) is 4.34 Å². The van der Waals surface area contributed by atoms with Crippen molar-refractivity contribution in [1.82, 2.24) is 15.5 Å². The maximum absolute atomic E-state index is 12.1. The predicted molar refractivity (Wildman–Crippen MR) is 97.2 cm³/mol. The van der Waals surface area contributed by atoms with E-state index in [1.807, 2.05) is 0 Å². The molecule has 2 saturated heterocycles. The Hall–Kier alpha value is -0.0400. The molecule has 1 aromatic rings. The lowest BCUT2D eigenvalue weighted by atomic mass is 10.1. The van der Waals surface area contributed by atoms with Gasteiger partial charge in [-0.1, -0.05) is 11.6 Å². The van der Waals surface area contributed by atoms with Crippen molar-refractivity contribution in [3.63, 3.8) is 0 Å². The van der Waals surface area contributed by atoms with Gasteiger partial charge >= 0.3 is 0 Å². The number of halogens is 3. The number of nitrogens with zero attached hydrogens (tertiary/aromatic N) is 1. The Balaban J connectivity index is 0.00000121. The quantitative estimate of drug-likeness (QED) is 0.836. The first-order chi connectivity index (χ1) is 9.70. The van der Waals surface area contributed by atoms with Gasteiger partial charge in [0, 0.05) is 25.2 Å². The van der Waals surface area contributed by atoms with E-state index in [-0.39, 0.29) is 36.8 Å². The molecule has 0 unspecified atom stereocenters. The van der Waals surface area contributed by atoms with Gasteiger partial charge in [-0.25, -0.2) is 0 Å². The molecule has 3 rings (SSSR count). The first-order valence-corrected chi connectivity index (χ1v) is 8.42. The molecule has 126 valence electrons. The molecular weight excluding hydrogens is 365 g/mol. The summed E-state index contributed by atoms with van der Waals surface area (Å²) in [6.45, 7) is 4.42. The molecule has 0 saturated carbocycles. The average Bonchev–Trinajstić information content (AvgIpc) is 3.13. The van der Waals surface area contributed by atoms with Gasteiger partial charge in [-0.3, -0.25) is 4.79 Å². The number of amides is 1. The minimum Gasteiger partial charge on any atom is -0.347 e. The monoisotopic (exact) mass is 385 g/mol. The SMILES string of the molecule is Cl.Cl.O=C(N[C@H]1CN[C@H](CN2CCCC2)C1)c1ccc(Cl)s1. The topological polar surface area (TPSA) is 44.4 Å². The third-order valence-corrected chi connectivity index (χ3v) is 5.26. The van der Waals surface area contributed by atoms with E-state index < -0.39 is 0 Å². The van der Waals surface area contributed by atoms with Crippen LogP contribution >= 0.6 is 47.8 Å². The molecule has 0 aliphatic carbocycles. The fraction of sp³-hybridized carbons (Fsp3) is 0.643. The lowest BCUT2D eigenvalue weighted by molar-refractivity contribution is 0.0943. The van der Waals surface area contributed by atoms with E-state index in [1.54, 1.807) is 12.1 Å². The van der Waals surface area contributed by atoms with Gasteiger partial charge in [0.25, 0.3) is 5.91 Å². The lowest BCUT2D eigenvalue weighted by Gasteiger charge is -2.19. The van der Waals surface area contributed by atoms with Gasteiger partial charge in [-0.15, -0.1) is 36.2 Å². The van der Waals surface area contributed by atoms with E-state index in [0.717, 1.165) is 19.5 Å². The van der Waals surface area contributed by atoms with Crippen LogP contribution in [0.3, 0.4) is 0 Å². The zero-order chi connectivity index (χ0) is 13.9. The van der Waals surface area contributed by atoms with Crippen LogP contribution in [0.15, 0.2) is 12.1 Å². The van der Waals surface area contributed by atoms with Crippen molar-refractivity contribution in [2.75, 3.05) is 26.2 Å². The van der Waals surface area contributed by atoms with Gasteiger partial charge in [0.05, 0.1) is 9.21 Å². The molecule has 1 amide bonds. The van der Waals surface area contributed by atoms with Crippen LogP contribution < -0.4 is 10.6 Å². The van der Waals surface area contributed by atoms with Crippen molar-refractivity contribution >= 4 is 53.7 Å². The fourth-order valence-corrected chi connectivity index (χ4v) is 3.98. The number of carbonyl (C=O) groups excluding carboxylic acids is 1. The molecule has 0 radical (unpaired) electrons. The highest BCUT2D eigenvalue weighted by Crippen LogP contribution is 2.21. The summed E-state index contributed by atoms with van der Waals surface area (Å²) in [6.07, 6.45) is 3.67. The highest BCUT2D eigenvalue weighted by molar-refractivity contribution is 7.17. The molecule has 2 N–H and O–H groups in total. The van der Waals surface area contributed by atoms with Gasteiger partial charge < -0.3 is 15.5 Å². The maximum Gasteiger partial charge on any atom is 0.261 e. The fourth-order valence-electron chi connectivity index (χ4n) is 3.04. The zero-order valence-electron chi connectivity index (χ0n) is 12.2. The van der Waals surface area contributed by atoms with Gasteiger partial charge in [0.2, 0.25) is 0 Å². The number of likely N-dealkylation sites (tertiary alicyclic amines) is 1. The summed E-state index contributed by atoms with van der Waals surface area (Å²) in [5.41, 5.74) is 0. The zero-order valence-corrected chi connectivity index (χ0v) is 15.4. The normalized spacial score (nSPS) is 24.6. The molecular formula is C14H22Cl3N3OS. The number of hydrogen-bond donors (Lipinski definition) is 2. The largest absolute Gasteiger partial charge is 0.347 e. The first-order valence-electron chi connectivity index (χ1n) is 7.22. The van der Waals surface area contributed by atoms with Crippen LogP contribution in [0.4, 0.5) is 0 Å². The number of nitrogens with one attached hydrogen (secondary N) is 2. The first kappa shape index (κ1) is 20.0. The van der Waals surface area contributed by atoms with Crippen molar-refractivity contribution in [3.05, 3.63) is 21.3 Å². The van der Waals surface area contributed by atoms with Crippen molar-refractivity contribution in [2.24, 2.45) is 0 Å². The summed E-state index contributed by atoms with van der Waals surface area (Å²) in [7, 11) is 0. The second-order valence-electron chi connectivity index (χ2n) is 5.62. The predicted octanol–water partition coefficient (Wildman–Crippen LogP) is 2.80. The third kappa shape index (κ3) is 5.25. The van der Waals surface area contributed by atoms with Crippen LogP contribution in [0.25, 0.3) is 0 Å². The van der Waals surface area contributed by atoms with Gasteiger partial charge in [0.1, 0.15) is 0 Å². The molecule has 2 aliphatic heterocycles. The molecule has 2 aliphatic rings. The third-order valence-electron chi connectivity index (χ3n) is 4.03. The van der Waals surface area contributed by atoms with E-state index >= 15 is 0 Å². The molecule has 0 spiro atoms. The molecule has 8 heteroatoms. The summed E-state index contributed by atoms with van der Waals surface area (Å²) in [5.74, 6) is -0.00415. The van der Waals surface area contributed by atoms with Crippen molar-refractivity contribution in [3.8, 4) is 0 Å². The van der Waals surface area contributed by atoms with E-state index in [0.29, 0.717) is 15.3 Å². The van der Waals surface area contributed by atoms with E-state index in [4.69, 9.17) is 11.6 Å². The van der Waals surface area contributed by atoms with E-state index in [2.05, 4.69) is 15.5 Å². The minimum atomic E-state index is -0.00415. The van der Waals surface area contributed by atoms with E-state index in [1.165, 1.54) is 37.3 Å². The van der Waals surface area contributed by atoms with Crippen LogP contribution in [0, 0.1) is 0 Å². The van der Waals surface area contributed by atoms with Crippen LogP contribution in [-0.4, -0.2) is 49.1 Å². The summed E-state index contributed by atoms with van der Waals surface area (Å²) in [6, 6.07) is 4.29. The number of carbonyl (C=O) groups is 1. The standard InChI is InChI=1S/C14H20ClN3OS.2ClH/c15-13-4-3-12(20-13)14(19)17-10-7-11(16-8-10)9-18-5-1-2-6-18;;/h3-4,10-11,16H,1-2,5-9H2,(H,17,19);2*1H/t10-,11+;;/m1../s1. The summed E-state index contributed by atoms with van der Waals surface area (Å²) < 4.78 is 0.659. The molecule has 3 heterocycles. The van der Waals surface area contributed by atoms with Crippen molar-refractivity contribution in [1.29, 1.82) is 0 Å². The average molecular weight is 387 g/mol. The highest BCUT2D eigenvalue weighted by Gasteiger charge is 2.28. The van der Waals surface area contributed by atoms with E-state index in [9.17, 15) is 4.79 Å². The molecule has 1 aromatic heterocycles. The second kappa shape index (κ2) is 9.30. The summed E-state index contributed by atoms with van der Waals surface area (Å²) in [4.78, 5) is 15.3. The van der Waals surface area contributed by atoms with Gasteiger partial charge in [0.15, 0.2) is 0 Å². The smallest absolute Gasteiger partial charge is 0.261 e. The Labute approximate surface area is 152 Å². The molecule has 22 heavy (non-hydrogen) atoms. The Morgan fingerprint density at radius 1 is 1.36 bits per heavy atom. The van der Waals surface area contributed by atoms with Gasteiger partial charge in [-0.05, 0) is 44.5 Å². The summed E-state index contributed by atoms with van der Waals surface area (Å²) >= 11 is 7.19. The highest BCUT2D eigenvalue weighted by atomic mass is 35.5. The Morgan fingerprint density at radius 2 is 2.09 bits per heavy atom. The number of thiophene rings is 1. The maximum atomic E-state index is 12.1. The van der Waals surface area contributed by atoms with Crippen LogP contribution in [0.1, 0.15) is 28.9 Å². The Morgan fingerprint density at radius 3 is 2.73 bits per heavy atom. The molecule has 0 aromatic carbocycles. The molecule has 2 fully saturated rings. The summed E-state index contributed by atoms with van der Waals surface area (Å²) in [5, 5.41) is 6.61. The van der Waals surface area contributed by atoms with Crippen LogP contribution in [0.5, 0.6) is 0 Å². The molecule has 4 nitrogen and oxygen atoms in total. The van der Waals surface area contributed by atoms with Gasteiger partial charge in [-0.2, -0.15) is 0 Å². The molecule has 0 bridgehead atoms. The van der Waals surface area contributed by atoms with Crippen LogP contribution in [-0.2, 0) is 0 Å². The molecule has 2 atom stereocenters. The minimum absolute atomic E-state index is 0.